The van der Waals surface area contributed by atoms with Crippen LogP contribution in [-0.2, 0) is 4.79 Å². The fraction of sp³-hybridized carbons (Fsp3) is 0.533. The molecule has 0 aliphatic carbocycles. The first-order valence-corrected chi connectivity index (χ1v) is 7.94. The Morgan fingerprint density at radius 2 is 2.00 bits per heavy atom. The molecule has 0 fully saturated rings. The molecular formula is C15H24BrN3O. The molecule has 1 aromatic carbocycles. The lowest BCUT2D eigenvalue weighted by molar-refractivity contribution is -0.115. The van der Waals surface area contributed by atoms with Gasteiger partial charge in [-0.1, -0.05) is 26.0 Å². The van der Waals surface area contributed by atoms with Crippen LogP contribution in [0.3, 0.4) is 0 Å². The average molecular weight is 342 g/mol. The minimum atomic E-state index is -0.0181. The number of para-hydroxylation sites is 1. The summed E-state index contributed by atoms with van der Waals surface area (Å²) in [5.74, 6) is -0.0181. The Hall–Kier alpha value is -0.910. The number of anilines is 1. The Morgan fingerprint density at radius 3 is 2.65 bits per heavy atom. The minimum absolute atomic E-state index is 0.0181. The molecule has 1 amide bonds. The predicted octanol–water partition coefficient (Wildman–Crippen LogP) is 2.71. The Labute approximate surface area is 130 Å². The second kappa shape index (κ2) is 9.91. The maximum atomic E-state index is 11.8. The van der Waals surface area contributed by atoms with Crippen molar-refractivity contribution in [3.8, 4) is 0 Å². The van der Waals surface area contributed by atoms with E-state index < -0.39 is 0 Å². The van der Waals surface area contributed by atoms with E-state index >= 15 is 0 Å². The van der Waals surface area contributed by atoms with Gasteiger partial charge < -0.3 is 15.5 Å². The predicted molar refractivity (Wildman–Crippen MR) is 88.0 cm³/mol. The van der Waals surface area contributed by atoms with Gasteiger partial charge >= 0.3 is 0 Å². The Kier molecular flexibility index (Phi) is 8.49. The number of likely N-dealkylation sites (N-methyl/N-ethyl adjacent to an activating group) is 1. The van der Waals surface area contributed by atoms with Gasteiger partial charge in [0.15, 0.2) is 0 Å². The van der Waals surface area contributed by atoms with Gasteiger partial charge in [0, 0.05) is 17.6 Å². The zero-order chi connectivity index (χ0) is 14.8. The highest BCUT2D eigenvalue weighted by atomic mass is 79.9. The zero-order valence-electron chi connectivity index (χ0n) is 12.3. The smallest absolute Gasteiger partial charge is 0.238 e. The number of halogens is 1. The molecule has 0 radical (unpaired) electrons. The van der Waals surface area contributed by atoms with Crippen LogP contribution in [0.4, 0.5) is 5.69 Å². The number of benzene rings is 1. The first kappa shape index (κ1) is 17.1. The van der Waals surface area contributed by atoms with Crippen LogP contribution in [0.5, 0.6) is 0 Å². The van der Waals surface area contributed by atoms with Crippen LogP contribution in [-0.4, -0.2) is 43.5 Å². The molecule has 0 aliphatic heterocycles. The van der Waals surface area contributed by atoms with Crippen LogP contribution in [0.1, 0.15) is 20.3 Å². The summed E-state index contributed by atoms with van der Waals surface area (Å²) in [7, 11) is 0. The van der Waals surface area contributed by atoms with Crippen molar-refractivity contribution in [2.45, 2.75) is 20.3 Å². The highest BCUT2D eigenvalue weighted by molar-refractivity contribution is 9.10. The quantitative estimate of drug-likeness (QED) is 0.679. The van der Waals surface area contributed by atoms with E-state index in [4.69, 9.17) is 0 Å². The van der Waals surface area contributed by atoms with Gasteiger partial charge in [-0.3, -0.25) is 4.79 Å². The molecule has 0 bridgehead atoms. The molecule has 20 heavy (non-hydrogen) atoms. The topological polar surface area (TPSA) is 44.4 Å². The maximum Gasteiger partial charge on any atom is 0.238 e. The van der Waals surface area contributed by atoms with E-state index in [1.807, 2.05) is 24.3 Å². The van der Waals surface area contributed by atoms with Crippen LogP contribution < -0.4 is 10.6 Å². The van der Waals surface area contributed by atoms with Gasteiger partial charge in [-0.2, -0.15) is 0 Å². The van der Waals surface area contributed by atoms with Crippen molar-refractivity contribution < 1.29 is 4.79 Å². The zero-order valence-corrected chi connectivity index (χ0v) is 13.9. The standard InChI is InChI=1S/C15H24BrN3O/c1-3-10-19(4-2)11-9-17-12-15(20)18-14-8-6-5-7-13(14)16/h5-8,17H,3-4,9-12H2,1-2H3,(H,18,20). The highest BCUT2D eigenvalue weighted by Gasteiger charge is 2.05. The van der Waals surface area contributed by atoms with Crippen molar-refractivity contribution in [2.75, 3.05) is 38.0 Å². The third kappa shape index (κ3) is 6.50. The molecule has 0 aromatic heterocycles. The van der Waals surface area contributed by atoms with Gasteiger partial charge in [-0.15, -0.1) is 0 Å². The third-order valence-corrected chi connectivity index (χ3v) is 3.72. The van der Waals surface area contributed by atoms with E-state index in [9.17, 15) is 4.79 Å². The summed E-state index contributed by atoms with van der Waals surface area (Å²) in [6.07, 6.45) is 1.16. The van der Waals surface area contributed by atoms with Crippen molar-refractivity contribution in [3.63, 3.8) is 0 Å². The second-order valence-electron chi connectivity index (χ2n) is 4.64. The van der Waals surface area contributed by atoms with Crippen LogP contribution in [0, 0.1) is 0 Å². The molecule has 0 heterocycles. The van der Waals surface area contributed by atoms with E-state index in [-0.39, 0.29) is 5.91 Å². The Bertz CT molecular complexity index is 412. The fourth-order valence-corrected chi connectivity index (χ4v) is 2.32. The molecule has 1 aromatic rings. The second-order valence-corrected chi connectivity index (χ2v) is 5.49. The summed E-state index contributed by atoms with van der Waals surface area (Å²) in [6, 6.07) is 7.61. The first-order valence-electron chi connectivity index (χ1n) is 7.14. The van der Waals surface area contributed by atoms with Crippen LogP contribution >= 0.6 is 15.9 Å². The normalized spacial score (nSPS) is 10.8. The molecule has 4 nitrogen and oxygen atoms in total. The summed E-state index contributed by atoms with van der Waals surface area (Å²) in [5.41, 5.74) is 0.806. The Balaban J connectivity index is 2.22. The summed E-state index contributed by atoms with van der Waals surface area (Å²) >= 11 is 3.41. The van der Waals surface area contributed by atoms with E-state index in [0.29, 0.717) is 6.54 Å². The van der Waals surface area contributed by atoms with Crippen LogP contribution in [0.2, 0.25) is 0 Å². The SMILES string of the molecule is CCCN(CC)CCNCC(=O)Nc1ccccc1Br. The van der Waals surface area contributed by atoms with Crippen molar-refractivity contribution in [1.82, 2.24) is 10.2 Å². The largest absolute Gasteiger partial charge is 0.324 e. The van der Waals surface area contributed by atoms with E-state index in [2.05, 4.69) is 45.3 Å². The van der Waals surface area contributed by atoms with Gasteiger partial charge in [-0.05, 0) is 47.6 Å². The summed E-state index contributed by atoms with van der Waals surface area (Å²) < 4.78 is 0.897. The van der Waals surface area contributed by atoms with Gasteiger partial charge in [0.25, 0.3) is 0 Å². The number of hydrogen-bond acceptors (Lipinski definition) is 3. The van der Waals surface area contributed by atoms with E-state index in [1.165, 1.54) is 0 Å². The number of hydrogen-bond donors (Lipinski definition) is 2. The van der Waals surface area contributed by atoms with Gasteiger partial charge in [0.05, 0.1) is 12.2 Å². The number of amides is 1. The summed E-state index contributed by atoms with van der Waals surface area (Å²) in [5, 5.41) is 6.05. The molecule has 0 unspecified atom stereocenters. The number of carbonyl (C=O) groups is 1. The van der Waals surface area contributed by atoms with Crippen LogP contribution in [0.15, 0.2) is 28.7 Å². The fourth-order valence-electron chi connectivity index (χ4n) is 1.94. The van der Waals surface area contributed by atoms with Gasteiger partial charge in [-0.25, -0.2) is 0 Å². The van der Waals surface area contributed by atoms with Crippen LogP contribution in [0.25, 0.3) is 0 Å². The summed E-state index contributed by atoms with van der Waals surface area (Å²) in [6.45, 7) is 8.66. The lowest BCUT2D eigenvalue weighted by Crippen LogP contribution is -2.36. The molecule has 2 N–H and O–H groups in total. The first-order chi connectivity index (χ1) is 9.67. The number of carbonyl (C=O) groups excluding carboxylic acids is 1. The molecule has 112 valence electrons. The number of nitrogens with one attached hydrogen (secondary N) is 2. The molecule has 1 rings (SSSR count). The lowest BCUT2D eigenvalue weighted by Gasteiger charge is -2.19. The van der Waals surface area contributed by atoms with Crippen molar-refractivity contribution in [3.05, 3.63) is 28.7 Å². The highest BCUT2D eigenvalue weighted by Crippen LogP contribution is 2.20. The molecular weight excluding hydrogens is 318 g/mol. The molecule has 0 saturated carbocycles. The number of rotatable bonds is 9. The van der Waals surface area contributed by atoms with E-state index in [0.717, 1.165) is 42.8 Å². The number of nitrogens with zero attached hydrogens (tertiary/aromatic N) is 1. The lowest BCUT2D eigenvalue weighted by atomic mass is 10.3. The van der Waals surface area contributed by atoms with Crippen molar-refractivity contribution >= 4 is 27.5 Å². The summed E-state index contributed by atoms with van der Waals surface area (Å²) in [4.78, 5) is 14.2. The molecule has 0 saturated heterocycles. The van der Waals surface area contributed by atoms with Gasteiger partial charge in [0.2, 0.25) is 5.91 Å². The van der Waals surface area contributed by atoms with Crippen molar-refractivity contribution in [2.24, 2.45) is 0 Å². The Morgan fingerprint density at radius 1 is 1.25 bits per heavy atom. The molecule has 5 heteroatoms. The van der Waals surface area contributed by atoms with Gasteiger partial charge in [0.1, 0.15) is 0 Å². The average Bonchev–Trinajstić information content (AvgIpc) is 2.44. The van der Waals surface area contributed by atoms with E-state index in [1.54, 1.807) is 0 Å². The third-order valence-electron chi connectivity index (χ3n) is 3.03. The maximum absolute atomic E-state index is 11.8. The van der Waals surface area contributed by atoms with Crippen molar-refractivity contribution in [1.29, 1.82) is 0 Å². The molecule has 0 aliphatic rings. The molecule has 0 spiro atoms. The monoisotopic (exact) mass is 341 g/mol. The molecule has 0 atom stereocenters. The minimum Gasteiger partial charge on any atom is -0.324 e.